The average Bonchev–Trinajstić information content (AvgIpc) is 3.01. The fourth-order valence-electron chi connectivity index (χ4n) is 2.76. The number of hydrogen-bond donors (Lipinski definition) is 2. The van der Waals surface area contributed by atoms with Crippen molar-refractivity contribution >= 4 is 17.5 Å². The number of amides is 1. The zero-order valence-electron chi connectivity index (χ0n) is 14.8. The molecule has 1 heterocycles. The van der Waals surface area contributed by atoms with Gasteiger partial charge in [0.2, 0.25) is 0 Å². The van der Waals surface area contributed by atoms with E-state index in [-0.39, 0.29) is 22.9 Å². The summed E-state index contributed by atoms with van der Waals surface area (Å²) in [4.78, 5) is 12.4. The molecule has 0 bridgehead atoms. The first-order chi connectivity index (χ1) is 12.9. The second-order valence-corrected chi connectivity index (χ2v) is 6.55. The highest BCUT2D eigenvalue weighted by molar-refractivity contribution is 6.30. The molecule has 140 valence electrons. The highest BCUT2D eigenvalue weighted by Crippen LogP contribution is 2.20. The Labute approximate surface area is 160 Å². The Hall–Kier alpha value is -2.77. The van der Waals surface area contributed by atoms with Gasteiger partial charge in [-0.05, 0) is 43.2 Å². The molecule has 0 saturated heterocycles. The third kappa shape index (κ3) is 3.99. The molecule has 27 heavy (non-hydrogen) atoms. The normalized spacial score (nSPS) is 12.0. The van der Waals surface area contributed by atoms with Crippen molar-refractivity contribution in [3.05, 3.63) is 75.8 Å². The lowest BCUT2D eigenvalue weighted by Gasteiger charge is -2.14. The number of carbonyl (C=O) groups excluding carboxylic acids is 1. The lowest BCUT2D eigenvalue weighted by atomic mass is 10.0. The van der Waals surface area contributed by atoms with Gasteiger partial charge in [-0.25, -0.2) is 9.07 Å². The highest BCUT2D eigenvalue weighted by Gasteiger charge is 2.20. The molecule has 2 N–H and O–H groups in total. The summed E-state index contributed by atoms with van der Waals surface area (Å²) >= 11 is 5.76. The Balaban J connectivity index is 1.75. The second-order valence-electron chi connectivity index (χ2n) is 6.11. The number of aliphatic hydroxyl groups is 1. The molecular weight excluding hydrogens is 371 g/mol. The second kappa shape index (κ2) is 7.85. The van der Waals surface area contributed by atoms with Gasteiger partial charge in [0.05, 0.1) is 11.8 Å². The number of rotatable bonds is 5. The lowest BCUT2D eigenvalue weighted by molar-refractivity contribution is 0.0910. The smallest absolute Gasteiger partial charge is 0.273 e. The van der Waals surface area contributed by atoms with E-state index in [9.17, 15) is 14.3 Å². The summed E-state index contributed by atoms with van der Waals surface area (Å²) in [5.74, 6) is -1.07. The zero-order valence-corrected chi connectivity index (χ0v) is 15.5. The summed E-state index contributed by atoms with van der Waals surface area (Å²) in [6.45, 7) is 3.52. The van der Waals surface area contributed by atoms with Crippen molar-refractivity contribution in [3.63, 3.8) is 0 Å². The van der Waals surface area contributed by atoms with Crippen molar-refractivity contribution in [3.8, 4) is 5.69 Å². The van der Waals surface area contributed by atoms with E-state index in [1.54, 1.807) is 13.0 Å². The van der Waals surface area contributed by atoms with Crippen LogP contribution in [-0.4, -0.2) is 32.6 Å². The number of nitrogens with one attached hydrogen (secondary N) is 1. The molecule has 1 unspecified atom stereocenters. The van der Waals surface area contributed by atoms with Crippen LogP contribution in [0.15, 0.2) is 42.5 Å². The van der Waals surface area contributed by atoms with Crippen LogP contribution in [0.1, 0.15) is 33.4 Å². The molecule has 0 spiro atoms. The minimum atomic E-state index is -0.848. The summed E-state index contributed by atoms with van der Waals surface area (Å²) in [5.41, 5.74) is 2.24. The number of nitrogens with zero attached hydrogens (tertiary/aromatic N) is 3. The number of aliphatic hydroxyl groups excluding tert-OH is 1. The van der Waals surface area contributed by atoms with Gasteiger partial charge in [-0.15, -0.1) is 5.10 Å². The van der Waals surface area contributed by atoms with Gasteiger partial charge in [-0.3, -0.25) is 4.79 Å². The molecule has 6 nitrogen and oxygen atoms in total. The van der Waals surface area contributed by atoms with E-state index in [0.717, 1.165) is 17.2 Å². The van der Waals surface area contributed by atoms with Crippen LogP contribution in [-0.2, 0) is 0 Å². The molecule has 0 aliphatic carbocycles. The summed E-state index contributed by atoms with van der Waals surface area (Å²) in [7, 11) is 0. The van der Waals surface area contributed by atoms with Crippen LogP contribution < -0.4 is 5.32 Å². The summed E-state index contributed by atoms with van der Waals surface area (Å²) in [6, 6.07) is 11.5. The van der Waals surface area contributed by atoms with Crippen molar-refractivity contribution in [1.29, 1.82) is 0 Å². The first-order valence-corrected chi connectivity index (χ1v) is 8.65. The van der Waals surface area contributed by atoms with Crippen molar-refractivity contribution in [1.82, 2.24) is 20.3 Å². The van der Waals surface area contributed by atoms with E-state index in [0.29, 0.717) is 5.69 Å². The molecule has 0 aliphatic rings. The van der Waals surface area contributed by atoms with Gasteiger partial charge < -0.3 is 10.4 Å². The van der Waals surface area contributed by atoms with Gasteiger partial charge in [0.15, 0.2) is 5.69 Å². The fourth-order valence-corrected chi connectivity index (χ4v) is 2.92. The summed E-state index contributed by atoms with van der Waals surface area (Å²) < 4.78 is 15.3. The molecule has 0 fully saturated rings. The molecule has 0 radical (unpaired) electrons. The number of aromatic nitrogens is 3. The van der Waals surface area contributed by atoms with Crippen LogP contribution >= 0.6 is 11.6 Å². The minimum absolute atomic E-state index is 0.0191. The van der Waals surface area contributed by atoms with Gasteiger partial charge in [0.1, 0.15) is 11.5 Å². The standard InChI is InChI=1S/C19H18ClFN4O2/c1-11-5-3-4-6-14(11)17(26)10-22-19(27)18-12(2)25(24-23-18)16-8-7-13(20)9-15(16)21/h3-9,17,26H,10H2,1-2H3,(H,22,27). The van der Waals surface area contributed by atoms with Crippen LogP contribution in [0.5, 0.6) is 0 Å². The molecule has 2 aromatic carbocycles. The Morgan fingerprint density at radius 1 is 1.30 bits per heavy atom. The van der Waals surface area contributed by atoms with E-state index in [4.69, 9.17) is 11.6 Å². The van der Waals surface area contributed by atoms with Gasteiger partial charge in [0, 0.05) is 11.6 Å². The van der Waals surface area contributed by atoms with E-state index in [1.165, 1.54) is 16.8 Å². The van der Waals surface area contributed by atoms with Crippen LogP contribution in [0.4, 0.5) is 4.39 Å². The highest BCUT2D eigenvalue weighted by atomic mass is 35.5. The maximum absolute atomic E-state index is 14.1. The SMILES string of the molecule is Cc1ccccc1C(O)CNC(=O)c1nnn(-c2ccc(Cl)cc2F)c1C. The van der Waals surface area contributed by atoms with Crippen LogP contribution in [0.25, 0.3) is 5.69 Å². The Kier molecular flexibility index (Phi) is 5.53. The topological polar surface area (TPSA) is 80.0 Å². The number of hydrogen-bond acceptors (Lipinski definition) is 4. The van der Waals surface area contributed by atoms with Gasteiger partial charge >= 0.3 is 0 Å². The Bertz CT molecular complexity index is 990. The van der Waals surface area contributed by atoms with E-state index in [1.807, 2.05) is 25.1 Å². The van der Waals surface area contributed by atoms with E-state index in [2.05, 4.69) is 15.6 Å². The molecule has 0 aliphatic heterocycles. The van der Waals surface area contributed by atoms with Crippen molar-refractivity contribution in [2.45, 2.75) is 20.0 Å². The third-order valence-electron chi connectivity index (χ3n) is 4.25. The molecule has 0 saturated carbocycles. The molecule has 1 aromatic heterocycles. The molecular formula is C19H18ClFN4O2. The lowest BCUT2D eigenvalue weighted by Crippen LogP contribution is -2.29. The monoisotopic (exact) mass is 388 g/mol. The van der Waals surface area contributed by atoms with Crippen LogP contribution in [0.2, 0.25) is 5.02 Å². The van der Waals surface area contributed by atoms with Crippen molar-refractivity contribution in [2.24, 2.45) is 0 Å². The maximum Gasteiger partial charge on any atom is 0.273 e. The zero-order chi connectivity index (χ0) is 19.6. The molecule has 3 aromatic rings. The van der Waals surface area contributed by atoms with Crippen LogP contribution in [0.3, 0.4) is 0 Å². The average molecular weight is 389 g/mol. The fraction of sp³-hybridized carbons (Fsp3) is 0.211. The molecule has 1 amide bonds. The first-order valence-electron chi connectivity index (χ1n) is 8.28. The Morgan fingerprint density at radius 2 is 2.04 bits per heavy atom. The van der Waals surface area contributed by atoms with Crippen molar-refractivity contribution < 1.29 is 14.3 Å². The number of benzene rings is 2. The number of carbonyl (C=O) groups is 1. The quantitative estimate of drug-likeness (QED) is 0.703. The molecule has 3 rings (SSSR count). The van der Waals surface area contributed by atoms with E-state index < -0.39 is 17.8 Å². The van der Waals surface area contributed by atoms with Gasteiger partial charge in [-0.1, -0.05) is 41.1 Å². The van der Waals surface area contributed by atoms with Gasteiger partial charge in [-0.2, -0.15) is 0 Å². The molecule has 8 heteroatoms. The largest absolute Gasteiger partial charge is 0.387 e. The maximum atomic E-state index is 14.1. The van der Waals surface area contributed by atoms with Crippen molar-refractivity contribution in [2.75, 3.05) is 6.54 Å². The van der Waals surface area contributed by atoms with Crippen LogP contribution in [0, 0.1) is 19.7 Å². The number of halogens is 2. The first kappa shape index (κ1) is 19.0. The predicted molar refractivity (Wildman–Crippen MR) is 99.5 cm³/mol. The minimum Gasteiger partial charge on any atom is -0.387 e. The Morgan fingerprint density at radius 3 is 2.74 bits per heavy atom. The summed E-state index contributed by atoms with van der Waals surface area (Å²) in [6.07, 6.45) is -0.848. The van der Waals surface area contributed by atoms with E-state index >= 15 is 0 Å². The van der Waals surface area contributed by atoms with Gasteiger partial charge in [0.25, 0.3) is 5.91 Å². The third-order valence-corrected chi connectivity index (χ3v) is 4.49. The number of aryl methyl sites for hydroxylation is 1. The predicted octanol–water partition coefficient (Wildman–Crippen LogP) is 3.14. The molecule has 1 atom stereocenters. The summed E-state index contributed by atoms with van der Waals surface area (Å²) in [5, 5.41) is 20.9.